The zero-order chi connectivity index (χ0) is 20.5. The number of hydrogen-bond acceptors (Lipinski definition) is 3. The first-order chi connectivity index (χ1) is 14.2. The van der Waals surface area contributed by atoms with Crippen molar-refractivity contribution >= 4 is 22.6 Å². The number of nitrogens with one attached hydrogen (secondary N) is 1. The number of carbonyl (C=O) groups excluding carboxylic acids is 2. The van der Waals surface area contributed by atoms with E-state index in [2.05, 4.69) is 5.32 Å². The molecule has 0 atom stereocenters. The molecule has 2 amide bonds. The molecule has 3 N–H and O–H groups in total. The fourth-order valence-electron chi connectivity index (χ4n) is 3.35. The topological polar surface area (TPSA) is 75.4 Å². The van der Waals surface area contributed by atoms with Gasteiger partial charge in [0.05, 0.1) is 13.0 Å². The van der Waals surface area contributed by atoms with Crippen LogP contribution in [0.25, 0.3) is 10.8 Å². The average molecular weight is 389 g/mol. The van der Waals surface area contributed by atoms with Crippen LogP contribution < -0.4 is 11.1 Å². The van der Waals surface area contributed by atoms with Crippen LogP contribution >= 0.6 is 0 Å². The molecule has 0 heterocycles. The van der Waals surface area contributed by atoms with Gasteiger partial charge >= 0.3 is 0 Å². The predicted octanol–water partition coefficient (Wildman–Crippen LogP) is 2.88. The summed E-state index contributed by atoms with van der Waals surface area (Å²) in [7, 11) is 0. The van der Waals surface area contributed by atoms with Gasteiger partial charge in [0.25, 0.3) is 0 Å². The molecule has 0 aromatic heterocycles. The van der Waals surface area contributed by atoms with Crippen LogP contribution in [0.15, 0.2) is 72.8 Å². The normalized spacial score (nSPS) is 10.7. The van der Waals surface area contributed by atoms with Crippen molar-refractivity contribution in [3.8, 4) is 0 Å². The van der Waals surface area contributed by atoms with E-state index in [-0.39, 0.29) is 24.8 Å². The van der Waals surface area contributed by atoms with Gasteiger partial charge in [0.2, 0.25) is 11.8 Å². The highest BCUT2D eigenvalue weighted by Gasteiger charge is 2.15. The summed E-state index contributed by atoms with van der Waals surface area (Å²) in [6.07, 6.45) is 0.971. The summed E-state index contributed by atoms with van der Waals surface area (Å²) in [5.41, 5.74) is 7.63. The van der Waals surface area contributed by atoms with Gasteiger partial charge < -0.3 is 16.0 Å². The summed E-state index contributed by atoms with van der Waals surface area (Å²) in [6.45, 7) is 1.59. The first-order valence-corrected chi connectivity index (χ1v) is 9.92. The number of rotatable bonds is 9. The van der Waals surface area contributed by atoms with E-state index in [4.69, 9.17) is 5.73 Å². The largest absolute Gasteiger partial charge is 0.347 e. The van der Waals surface area contributed by atoms with Gasteiger partial charge in [0.1, 0.15) is 0 Å². The molecule has 5 nitrogen and oxygen atoms in total. The fourth-order valence-corrected chi connectivity index (χ4v) is 3.35. The number of fused-ring (bicyclic) bond motifs is 1. The number of nitrogens with two attached hydrogens (primary N) is 1. The minimum atomic E-state index is -0.159. The van der Waals surface area contributed by atoms with Crippen molar-refractivity contribution in [3.63, 3.8) is 0 Å². The summed E-state index contributed by atoms with van der Waals surface area (Å²) < 4.78 is 0. The molecule has 0 radical (unpaired) electrons. The quantitative estimate of drug-likeness (QED) is 0.591. The minimum Gasteiger partial charge on any atom is -0.347 e. The molecule has 3 aromatic carbocycles. The van der Waals surface area contributed by atoms with Gasteiger partial charge in [-0.3, -0.25) is 9.59 Å². The highest BCUT2D eigenvalue weighted by atomic mass is 16.2. The monoisotopic (exact) mass is 389 g/mol. The lowest BCUT2D eigenvalue weighted by Crippen LogP contribution is -2.41. The van der Waals surface area contributed by atoms with Gasteiger partial charge in [0.15, 0.2) is 0 Å². The Bertz CT molecular complexity index is 951. The molecule has 0 spiro atoms. The van der Waals surface area contributed by atoms with Crippen LogP contribution in [0.3, 0.4) is 0 Å². The SMILES string of the molecule is NCCCN(Cc1ccccc1)C(=O)CNC(=O)Cc1cccc2ccccc12. The van der Waals surface area contributed by atoms with Gasteiger partial charge in [-0.05, 0) is 34.9 Å². The first-order valence-electron chi connectivity index (χ1n) is 9.92. The summed E-state index contributed by atoms with van der Waals surface area (Å²) in [6, 6.07) is 23.7. The van der Waals surface area contributed by atoms with Gasteiger partial charge in [-0.1, -0.05) is 72.8 Å². The molecular formula is C24H27N3O2. The van der Waals surface area contributed by atoms with Crippen LogP contribution in [0.2, 0.25) is 0 Å². The average Bonchev–Trinajstić information content (AvgIpc) is 2.76. The van der Waals surface area contributed by atoms with Crippen LogP contribution in [0.4, 0.5) is 0 Å². The van der Waals surface area contributed by atoms with Crippen molar-refractivity contribution in [1.29, 1.82) is 0 Å². The third kappa shape index (κ3) is 5.90. The van der Waals surface area contributed by atoms with E-state index in [0.717, 1.165) is 28.3 Å². The third-order valence-corrected chi connectivity index (χ3v) is 4.87. The summed E-state index contributed by atoms with van der Waals surface area (Å²) >= 11 is 0. The second kappa shape index (κ2) is 10.4. The van der Waals surface area contributed by atoms with Gasteiger partial charge in [0, 0.05) is 13.1 Å². The molecule has 3 rings (SSSR count). The molecule has 5 heteroatoms. The lowest BCUT2D eigenvalue weighted by atomic mass is 10.0. The van der Waals surface area contributed by atoms with E-state index in [1.807, 2.05) is 72.8 Å². The van der Waals surface area contributed by atoms with Crippen molar-refractivity contribution in [2.75, 3.05) is 19.6 Å². The number of hydrogen-bond donors (Lipinski definition) is 2. The second-order valence-electron chi connectivity index (χ2n) is 7.03. The Kier molecular flexibility index (Phi) is 7.36. The molecule has 0 aliphatic rings. The summed E-state index contributed by atoms with van der Waals surface area (Å²) in [4.78, 5) is 26.9. The number of benzene rings is 3. The zero-order valence-electron chi connectivity index (χ0n) is 16.5. The summed E-state index contributed by atoms with van der Waals surface area (Å²) in [5.74, 6) is -0.262. The fraction of sp³-hybridized carbons (Fsp3) is 0.250. The smallest absolute Gasteiger partial charge is 0.242 e. The van der Waals surface area contributed by atoms with Crippen molar-refractivity contribution < 1.29 is 9.59 Å². The molecule has 0 aliphatic heterocycles. The van der Waals surface area contributed by atoms with Crippen LogP contribution in [-0.4, -0.2) is 36.3 Å². The van der Waals surface area contributed by atoms with Crippen LogP contribution in [0.5, 0.6) is 0 Å². The minimum absolute atomic E-state index is 0.0129. The molecule has 150 valence electrons. The third-order valence-electron chi connectivity index (χ3n) is 4.87. The molecule has 0 bridgehead atoms. The molecule has 29 heavy (non-hydrogen) atoms. The van der Waals surface area contributed by atoms with Crippen LogP contribution in [0.1, 0.15) is 17.5 Å². The Hall–Kier alpha value is -3.18. The molecule has 0 saturated heterocycles. The Morgan fingerprint density at radius 2 is 1.62 bits per heavy atom. The highest BCUT2D eigenvalue weighted by molar-refractivity contribution is 5.91. The Morgan fingerprint density at radius 1 is 0.897 bits per heavy atom. The van der Waals surface area contributed by atoms with E-state index in [0.29, 0.717) is 19.6 Å². The predicted molar refractivity (Wildman–Crippen MR) is 116 cm³/mol. The molecular weight excluding hydrogens is 362 g/mol. The molecule has 0 aliphatic carbocycles. The standard InChI is InChI=1S/C24H27N3O2/c25-14-7-15-27(18-19-8-2-1-3-9-19)24(29)17-26-23(28)16-21-12-6-11-20-10-4-5-13-22(20)21/h1-6,8-13H,7,14-18,25H2,(H,26,28). The maximum Gasteiger partial charge on any atom is 0.242 e. The molecule has 0 fully saturated rings. The van der Waals surface area contributed by atoms with Gasteiger partial charge in [-0.15, -0.1) is 0 Å². The van der Waals surface area contributed by atoms with E-state index >= 15 is 0 Å². The Morgan fingerprint density at radius 3 is 2.41 bits per heavy atom. The lowest BCUT2D eigenvalue weighted by molar-refractivity contribution is -0.133. The van der Waals surface area contributed by atoms with Crippen molar-refractivity contribution in [2.24, 2.45) is 5.73 Å². The number of amides is 2. The lowest BCUT2D eigenvalue weighted by Gasteiger charge is -2.23. The molecule has 0 saturated carbocycles. The zero-order valence-corrected chi connectivity index (χ0v) is 16.5. The van der Waals surface area contributed by atoms with Gasteiger partial charge in [-0.25, -0.2) is 0 Å². The number of nitrogens with zero attached hydrogens (tertiary/aromatic N) is 1. The van der Waals surface area contributed by atoms with Crippen molar-refractivity contribution in [2.45, 2.75) is 19.4 Å². The van der Waals surface area contributed by atoms with E-state index in [1.165, 1.54) is 0 Å². The maximum absolute atomic E-state index is 12.7. The molecule has 0 unspecified atom stereocenters. The van der Waals surface area contributed by atoms with Gasteiger partial charge in [-0.2, -0.15) is 0 Å². The van der Waals surface area contributed by atoms with E-state index in [9.17, 15) is 9.59 Å². The Balaban J connectivity index is 1.59. The van der Waals surface area contributed by atoms with Crippen molar-refractivity contribution in [1.82, 2.24) is 10.2 Å². The second-order valence-corrected chi connectivity index (χ2v) is 7.03. The van der Waals surface area contributed by atoms with Crippen molar-refractivity contribution in [3.05, 3.63) is 83.9 Å². The highest BCUT2D eigenvalue weighted by Crippen LogP contribution is 2.18. The van der Waals surface area contributed by atoms with E-state index < -0.39 is 0 Å². The Labute approximate surface area is 171 Å². The molecule has 3 aromatic rings. The summed E-state index contributed by atoms with van der Waals surface area (Å²) in [5, 5.41) is 4.94. The number of carbonyl (C=O) groups is 2. The van der Waals surface area contributed by atoms with E-state index in [1.54, 1.807) is 4.90 Å². The van der Waals surface area contributed by atoms with Crippen LogP contribution in [0, 0.1) is 0 Å². The van der Waals surface area contributed by atoms with Crippen LogP contribution in [-0.2, 0) is 22.6 Å². The maximum atomic E-state index is 12.7. The first kappa shape index (κ1) is 20.6.